The maximum absolute atomic E-state index is 4.66. The van der Waals surface area contributed by atoms with Crippen LogP contribution in [-0.4, -0.2) is 21.1 Å². The Hall–Kier alpha value is -1.68. The number of nitrogens with one attached hydrogen (secondary N) is 1. The number of aromatic nitrogens is 3. The molecule has 0 fully saturated rings. The van der Waals surface area contributed by atoms with E-state index in [0.29, 0.717) is 6.04 Å². The van der Waals surface area contributed by atoms with Crippen molar-refractivity contribution in [3.05, 3.63) is 47.8 Å². The Morgan fingerprint density at radius 2 is 2.20 bits per heavy atom. The van der Waals surface area contributed by atoms with Crippen molar-refractivity contribution >= 4 is 0 Å². The summed E-state index contributed by atoms with van der Waals surface area (Å²) < 4.78 is 2.08. The van der Waals surface area contributed by atoms with Crippen LogP contribution in [0.1, 0.15) is 43.0 Å². The Morgan fingerprint density at radius 1 is 1.35 bits per heavy atom. The third kappa shape index (κ3) is 3.90. The summed E-state index contributed by atoms with van der Waals surface area (Å²) in [5, 5.41) is 3.60. The van der Waals surface area contributed by atoms with Crippen LogP contribution in [0.5, 0.6) is 0 Å². The van der Waals surface area contributed by atoms with Crippen LogP contribution in [0.3, 0.4) is 0 Å². The Labute approximate surface area is 121 Å². The van der Waals surface area contributed by atoms with Crippen LogP contribution >= 0.6 is 0 Å². The van der Waals surface area contributed by atoms with Gasteiger partial charge in [0.05, 0.1) is 5.69 Å². The molecule has 0 saturated carbocycles. The molecule has 0 aromatic carbocycles. The summed E-state index contributed by atoms with van der Waals surface area (Å²) in [5.41, 5.74) is 2.20. The van der Waals surface area contributed by atoms with E-state index >= 15 is 0 Å². The molecule has 2 aromatic heterocycles. The van der Waals surface area contributed by atoms with E-state index in [0.717, 1.165) is 43.0 Å². The fourth-order valence-electron chi connectivity index (χ4n) is 2.34. The molecule has 4 heteroatoms. The first-order chi connectivity index (χ1) is 9.70. The van der Waals surface area contributed by atoms with Crippen molar-refractivity contribution in [1.82, 2.24) is 19.9 Å². The smallest absolute Gasteiger partial charge is 0.108 e. The summed E-state index contributed by atoms with van der Waals surface area (Å²) in [7, 11) is 2.04. The lowest BCUT2D eigenvalue weighted by Crippen LogP contribution is -2.24. The second kappa shape index (κ2) is 7.20. The predicted octanol–water partition coefficient (Wildman–Crippen LogP) is 2.80. The molecule has 0 aliphatic heterocycles. The van der Waals surface area contributed by atoms with Crippen molar-refractivity contribution in [3.8, 4) is 0 Å². The zero-order valence-electron chi connectivity index (χ0n) is 12.6. The van der Waals surface area contributed by atoms with E-state index in [9.17, 15) is 0 Å². The van der Waals surface area contributed by atoms with Gasteiger partial charge in [0, 0.05) is 37.6 Å². The van der Waals surface area contributed by atoms with Crippen LogP contribution in [0.2, 0.25) is 0 Å². The quantitative estimate of drug-likeness (QED) is 0.843. The number of hydrogen-bond acceptors (Lipinski definition) is 3. The van der Waals surface area contributed by atoms with Gasteiger partial charge in [-0.3, -0.25) is 4.98 Å². The SMILES string of the molecule is CCCNC(CCc1nccn1C)c1cccc(C)n1. The van der Waals surface area contributed by atoms with Gasteiger partial charge in [-0.25, -0.2) is 4.98 Å². The van der Waals surface area contributed by atoms with Gasteiger partial charge in [0.2, 0.25) is 0 Å². The molecule has 0 saturated heterocycles. The van der Waals surface area contributed by atoms with E-state index in [1.54, 1.807) is 0 Å². The number of aryl methyl sites for hydroxylation is 3. The number of hydrogen-bond donors (Lipinski definition) is 1. The van der Waals surface area contributed by atoms with Gasteiger partial charge in [-0.2, -0.15) is 0 Å². The molecular weight excluding hydrogens is 248 g/mol. The van der Waals surface area contributed by atoms with Crippen molar-refractivity contribution in [1.29, 1.82) is 0 Å². The van der Waals surface area contributed by atoms with Crippen molar-refractivity contribution in [2.75, 3.05) is 6.54 Å². The first-order valence-electron chi connectivity index (χ1n) is 7.34. The predicted molar refractivity (Wildman–Crippen MR) is 81.5 cm³/mol. The van der Waals surface area contributed by atoms with Crippen molar-refractivity contribution < 1.29 is 0 Å². The lowest BCUT2D eigenvalue weighted by molar-refractivity contribution is 0.480. The van der Waals surface area contributed by atoms with E-state index in [-0.39, 0.29) is 0 Å². The molecule has 2 rings (SSSR count). The van der Waals surface area contributed by atoms with Gasteiger partial charge in [0.15, 0.2) is 0 Å². The molecule has 0 amide bonds. The van der Waals surface area contributed by atoms with E-state index < -0.39 is 0 Å². The molecule has 1 unspecified atom stereocenters. The topological polar surface area (TPSA) is 42.7 Å². The highest BCUT2D eigenvalue weighted by Gasteiger charge is 2.13. The number of pyridine rings is 1. The summed E-state index contributed by atoms with van der Waals surface area (Å²) in [5.74, 6) is 1.13. The van der Waals surface area contributed by atoms with Crippen LogP contribution in [0.25, 0.3) is 0 Å². The number of imidazole rings is 1. The third-order valence-corrected chi connectivity index (χ3v) is 3.49. The third-order valence-electron chi connectivity index (χ3n) is 3.49. The fourth-order valence-corrected chi connectivity index (χ4v) is 2.34. The Morgan fingerprint density at radius 3 is 2.85 bits per heavy atom. The van der Waals surface area contributed by atoms with E-state index in [4.69, 9.17) is 0 Å². The maximum Gasteiger partial charge on any atom is 0.108 e. The summed E-state index contributed by atoms with van der Waals surface area (Å²) in [6.45, 7) is 5.24. The molecule has 1 atom stereocenters. The van der Waals surface area contributed by atoms with Crippen molar-refractivity contribution in [3.63, 3.8) is 0 Å². The number of nitrogens with zero attached hydrogens (tertiary/aromatic N) is 3. The van der Waals surface area contributed by atoms with Gasteiger partial charge in [0.25, 0.3) is 0 Å². The average Bonchev–Trinajstić information content (AvgIpc) is 2.84. The molecule has 2 aromatic rings. The Bertz CT molecular complexity index is 533. The van der Waals surface area contributed by atoms with Gasteiger partial charge in [-0.15, -0.1) is 0 Å². The molecule has 0 aliphatic carbocycles. The normalized spacial score (nSPS) is 12.6. The number of rotatable bonds is 7. The van der Waals surface area contributed by atoms with Crippen LogP contribution < -0.4 is 5.32 Å². The Balaban J connectivity index is 2.05. The van der Waals surface area contributed by atoms with Gasteiger partial charge in [-0.05, 0) is 38.4 Å². The van der Waals surface area contributed by atoms with Crippen molar-refractivity contribution in [2.24, 2.45) is 7.05 Å². The van der Waals surface area contributed by atoms with E-state index in [1.165, 1.54) is 0 Å². The van der Waals surface area contributed by atoms with Crippen LogP contribution in [0.4, 0.5) is 0 Å². The van der Waals surface area contributed by atoms with E-state index in [1.807, 2.05) is 32.4 Å². The largest absolute Gasteiger partial charge is 0.338 e. The monoisotopic (exact) mass is 272 g/mol. The fraction of sp³-hybridized carbons (Fsp3) is 0.500. The summed E-state index contributed by atoms with van der Waals surface area (Å²) >= 11 is 0. The van der Waals surface area contributed by atoms with Crippen LogP contribution in [0, 0.1) is 6.92 Å². The highest BCUT2D eigenvalue weighted by molar-refractivity contribution is 5.14. The molecule has 0 aliphatic rings. The summed E-state index contributed by atoms with van der Waals surface area (Å²) in [6.07, 6.45) is 6.95. The summed E-state index contributed by atoms with van der Waals surface area (Å²) in [4.78, 5) is 9.05. The molecule has 0 bridgehead atoms. The van der Waals surface area contributed by atoms with Crippen LogP contribution in [-0.2, 0) is 13.5 Å². The molecule has 1 N–H and O–H groups in total. The molecular formula is C16H24N4. The second-order valence-electron chi connectivity index (χ2n) is 5.20. The lowest BCUT2D eigenvalue weighted by atomic mass is 10.1. The van der Waals surface area contributed by atoms with Gasteiger partial charge < -0.3 is 9.88 Å². The lowest BCUT2D eigenvalue weighted by Gasteiger charge is -2.18. The molecule has 2 heterocycles. The van der Waals surface area contributed by atoms with Crippen LogP contribution in [0.15, 0.2) is 30.6 Å². The second-order valence-corrected chi connectivity index (χ2v) is 5.20. The van der Waals surface area contributed by atoms with Crippen molar-refractivity contribution in [2.45, 2.75) is 39.2 Å². The minimum atomic E-state index is 0.298. The van der Waals surface area contributed by atoms with Gasteiger partial charge >= 0.3 is 0 Å². The molecule has 108 valence electrons. The molecule has 0 spiro atoms. The van der Waals surface area contributed by atoms with E-state index in [2.05, 4.69) is 38.9 Å². The average molecular weight is 272 g/mol. The first kappa shape index (κ1) is 14.7. The highest BCUT2D eigenvalue weighted by atomic mass is 15.0. The Kier molecular flexibility index (Phi) is 5.30. The minimum Gasteiger partial charge on any atom is -0.338 e. The molecule has 0 radical (unpaired) electrons. The molecule has 20 heavy (non-hydrogen) atoms. The molecule has 4 nitrogen and oxygen atoms in total. The zero-order chi connectivity index (χ0) is 14.4. The van der Waals surface area contributed by atoms with Gasteiger partial charge in [0.1, 0.15) is 5.82 Å². The first-order valence-corrected chi connectivity index (χ1v) is 7.34. The standard InChI is InChI=1S/C16H24N4/c1-4-10-17-14(15-7-5-6-13(2)19-15)8-9-16-18-11-12-20(16)3/h5-7,11-12,14,17H,4,8-10H2,1-3H3. The maximum atomic E-state index is 4.66. The zero-order valence-corrected chi connectivity index (χ0v) is 12.6. The minimum absolute atomic E-state index is 0.298. The summed E-state index contributed by atoms with van der Waals surface area (Å²) in [6, 6.07) is 6.53. The highest BCUT2D eigenvalue weighted by Crippen LogP contribution is 2.17. The van der Waals surface area contributed by atoms with Gasteiger partial charge in [-0.1, -0.05) is 13.0 Å².